The predicted molar refractivity (Wildman–Crippen MR) is 80.7 cm³/mol. The molecule has 1 unspecified atom stereocenters. The second kappa shape index (κ2) is 5.56. The molecule has 2 aliphatic rings. The largest absolute Gasteiger partial charge is 0.442 e. The highest BCUT2D eigenvalue weighted by Crippen LogP contribution is 2.49. The zero-order valence-electron chi connectivity index (χ0n) is 12.7. The van der Waals surface area contributed by atoms with Crippen molar-refractivity contribution in [3.8, 4) is 0 Å². The van der Waals surface area contributed by atoms with E-state index in [4.69, 9.17) is 11.3 Å². The number of ether oxygens (including phenoxy) is 1. The van der Waals surface area contributed by atoms with E-state index in [1.54, 1.807) is 12.1 Å². The van der Waals surface area contributed by atoms with Gasteiger partial charge in [0.1, 0.15) is 6.10 Å². The molecule has 7 heteroatoms. The molecule has 1 aliphatic carbocycles. The van der Waals surface area contributed by atoms with Gasteiger partial charge in [0.15, 0.2) is 0 Å². The zero-order chi connectivity index (χ0) is 16.6. The van der Waals surface area contributed by atoms with Crippen LogP contribution in [0.25, 0.3) is 4.85 Å². The molecule has 3 rings (SSSR count). The van der Waals surface area contributed by atoms with E-state index in [-0.39, 0.29) is 18.6 Å². The van der Waals surface area contributed by atoms with Crippen LogP contribution in [0.5, 0.6) is 0 Å². The summed E-state index contributed by atoms with van der Waals surface area (Å²) in [6.07, 6.45) is 0.669. The van der Waals surface area contributed by atoms with Crippen molar-refractivity contribution in [2.45, 2.75) is 31.4 Å². The molecule has 7 nitrogen and oxygen atoms in total. The van der Waals surface area contributed by atoms with E-state index in [9.17, 15) is 14.8 Å². The monoisotopic (exact) mass is 315 g/mol. The number of hydrogen-bond acceptors (Lipinski definition) is 4. The van der Waals surface area contributed by atoms with Crippen LogP contribution in [0.15, 0.2) is 24.3 Å². The van der Waals surface area contributed by atoms with Crippen LogP contribution >= 0.6 is 0 Å². The third-order valence-corrected chi connectivity index (χ3v) is 4.27. The first-order chi connectivity index (χ1) is 10.9. The number of anilines is 1. The number of rotatable bonds is 4. The summed E-state index contributed by atoms with van der Waals surface area (Å²) in [5, 5.41) is 9.97. The average Bonchev–Trinajstić information content (AvgIpc) is 3.26. The maximum Gasteiger partial charge on any atom is 0.414 e. The van der Waals surface area contributed by atoms with Gasteiger partial charge >= 0.3 is 6.09 Å². The van der Waals surface area contributed by atoms with E-state index in [0.29, 0.717) is 10.8 Å². The third kappa shape index (κ3) is 2.85. The van der Waals surface area contributed by atoms with Crippen molar-refractivity contribution in [3.05, 3.63) is 41.2 Å². The number of benzene rings is 1. The maximum atomic E-state index is 12.0. The van der Waals surface area contributed by atoms with Crippen molar-refractivity contribution >= 4 is 17.7 Å². The topological polar surface area (TPSA) is 74.4 Å². The quantitative estimate of drug-likeness (QED) is 0.525. The van der Waals surface area contributed by atoms with Crippen LogP contribution in [-0.2, 0) is 15.1 Å². The first-order valence-corrected chi connectivity index (χ1v) is 7.39. The SMILES string of the molecule is [C-]#[N+]C1(c2ccc(N3CC(CN(O)C(C)=O)OC3=O)cc2)CC1. The van der Waals surface area contributed by atoms with E-state index in [1.807, 2.05) is 12.1 Å². The van der Waals surface area contributed by atoms with Gasteiger partial charge in [0.05, 0.1) is 13.1 Å². The number of carbonyl (C=O) groups is 2. The summed E-state index contributed by atoms with van der Waals surface area (Å²) >= 11 is 0. The van der Waals surface area contributed by atoms with Crippen molar-refractivity contribution in [2.24, 2.45) is 0 Å². The molecule has 1 heterocycles. The van der Waals surface area contributed by atoms with Gasteiger partial charge in [0, 0.05) is 31.0 Å². The summed E-state index contributed by atoms with van der Waals surface area (Å²) in [5.74, 6) is -0.502. The van der Waals surface area contributed by atoms with Crippen LogP contribution < -0.4 is 4.90 Å². The number of hydrogen-bond donors (Lipinski definition) is 1. The average molecular weight is 315 g/mol. The molecule has 1 aromatic rings. The van der Waals surface area contributed by atoms with E-state index in [1.165, 1.54) is 11.8 Å². The number of amides is 2. The van der Waals surface area contributed by atoms with Crippen molar-refractivity contribution < 1.29 is 19.5 Å². The fourth-order valence-corrected chi connectivity index (χ4v) is 2.68. The molecule has 2 fully saturated rings. The van der Waals surface area contributed by atoms with E-state index < -0.39 is 18.1 Å². The van der Waals surface area contributed by atoms with Crippen molar-refractivity contribution in [3.63, 3.8) is 0 Å². The minimum atomic E-state index is -0.575. The minimum Gasteiger partial charge on any atom is -0.442 e. The van der Waals surface area contributed by atoms with Crippen molar-refractivity contribution in [1.29, 1.82) is 0 Å². The van der Waals surface area contributed by atoms with Gasteiger partial charge in [-0.2, -0.15) is 0 Å². The molecule has 0 radical (unpaired) electrons. The zero-order valence-corrected chi connectivity index (χ0v) is 12.7. The number of cyclic esters (lactones) is 1. The highest BCUT2D eigenvalue weighted by molar-refractivity contribution is 5.89. The number of carbonyl (C=O) groups excluding carboxylic acids is 2. The van der Waals surface area contributed by atoms with E-state index >= 15 is 0 Å². The Kier molecular flexibility index (Phi) is 3.70. The fraction of sp³-hybridized carbons (Fsp3) is 0.438. The third-order valence-electron chi connectivity index (χ3n) is 4.27. The highest BCUT2D eigenvalue weighted by Gasteiger charge is 2.52. The van der Waals surface area contributed by atoms with Crippen LogP contribution in [0.2, 0.25) is 0 Å². The minimum absolute atomic E-state index is 0.0590. The molecule has 0 aromatic heterocycles. The second-order valence-corrected chi connectivity index (χ2v) is 5.91. The Hall–Kier alpha value is -2.59. The van der Waals surface area contributed by atoms with Gasteiger partial charge in [-0.05, 0) is 24.3 Å². The molecule has 120 valence electrons. The molecular formula is C16H17N3O4. The van der Waals surface area contributed by atoms with Crippen LogP contribution in [-0.4, -0.2) is 41.5 Å². The molecule has 1 saturated carbocycles. The van der Waals surface area contributed by atoms with Crippen molar-refractivity contribution in [1.82, 2.24) is 5.06 Å². The Morgan fingerprint density at radius 1 is 1.48 bits per heavy atom. The standard InChI is InChI=1S/C16H17N3O4/c1-11(20)19(22)10-14-9-18(15(21)23-14)13-5-3-12(4-6-13)16(17-2)7-8-16/h3-6,14,22H,7-10H2,1H3. The van der Waals surface area contributed by atoms with Gasteiger partial charge < -0.3 is 9.58 Å². The highest BCUT2D eigenvalue weighted by atomic mass is 16.6. The molecule has 1 N–H and O–H groups in total. The van der Waals surface area contributed by atoms with Crippen LogP contribution in [0, 0.1) is 6.57 Å². The molecular weight excluding hydrogens is 298 g/mol. The van der Waals surface area contributed by atoms with Gasteiger partial charge in [-0.25, -0.2) is 16.4 Å². The molecule has 0 bridgehead atoms. The normalized spacial score (nSPS) is 21.5. The van der Waals surface area contributed by atoms with Crippen LogP contribution in [0.3, 0.4) is 0 Å². The molecule has 0 spiro atoms. The van der Waals surface area contributed by atoms with Crippen molar-refractivity contribution in [2.75, 3.05) is 18.0 Å². The van der Waals surface area contributed by atoms with Gasteiger partial charge in [-0.1, -0.05) is 0 Å². The lowest BCUT2D eigenvalue weighted by molar-refractivity contribution is -0.166. The van der Waals surface area contributed by atoms with E-state index in [0.717, 1.165) is 18.4 Å². The maximum absolute atomic E-state index is 12.0. The molecule has 1 atom stereocenters. The smallest absolute Gasteiger partial charge is 0.414 e. The Morgan fingerprint density at radius 2 is 2.13 bits per heavy atom. The number of nitrogens with zero attached hydrogens (tertiary/aromatic N) is 3. The molecule has 1 aromatic carbocycles. The Labute approximate surface area is 133 Å². The van der Waals surface area contributed by atoms with Crippen LogP contribution in [0.1, 0.15) is 25.3 Å². The Bertz CT molecular complexity index is 676. The molecule has 1 saturated heterocycles. The summed E-state index contributed by atoms with van der Waals surface area (Å²) in [6, 6.07) is 7.33. The molecule has 2 amide bonds. The van der Waals surface area contributed by atoms with Gasteiger partial charge in [0.2, 0.25) is 5.91 Å². The lowest BCUT2D eigenvalue weighted by Gasteiger charge is -2.16. The van der Waals surface area contributed by atoms with E-state index in [2.05, 4.69) is 4.85 Å². The summed E-state index contributed by atoms with van der Waals surface area (Å²) in [4.78, 5) is 28.1. The lowest BCUT2D eigenvalue weighted by atomic mass is 10.1. The van der Waals surface area contributed by atoms with Gasteiger partial charge in [0.25, 0.3) is 5.54 Å². The first-order valence-electron chi connectivity index (χ1n) is 7.39. The van der Waals surface area contributed by atoms with Gasteiger partial charge in [-0.15, -0.1) is 0 Å². The second-order valence-electron chi connectivity index (χ2n) is 5.91. The first kappa shape index (κ1) is 15.3. The lowest BCUT2D eigenvalue weighted by Crippen LogP contribution is -2.35. The Morgan fingerprint density at radius 3 is 2.65 bits per heavy atom. The van der Waals surface area contributed by atoms with Crippen LogP contribution in [0.4, 0.5) is 10.5 Å². The number of hydroxylamine groups is 2. The van der Waals surface area contributed by atoms with Gasteiger partial charge in [-0.3, -0.25) is 14.9 Å². The molecule has 1 aliphatic heterocycles. The summed E-state index contributed by atoms with van der Waals surface area (Å²) in [5.41, 5.74) is 1.28. The fourth-order valence-electron chi connectivity index (χ4n) is 2.68. The molecule has 23 heavy (non-hydrogen) atoms. The summed E-state index contributed by atoms with van der Waals surface area (Å²) < 4.78 is 5.16. The predicted octanol–water partition coefficient (Wildman–Crippen LogP) is 2.16. The summed E-state index contributed by atoms with van der Waals surface area (Å²) in [7, 11) is 0. The summed E-state index contributed by atoms with van der Waals surface area (Å²) in [6.45, 7) is 8.70. The Balaban J connectivity index is 1.69.